The lowest BCUT2D eigenvalue weighted by Gasteiger charge is -2.57. The summed E-state index contributed by atoms with van der Waals surface area (Å²) in [6.45, 7) is 6.81. The first-order chi connectivity index (χ1) is 11.4. The SMILES string of the molecule is CC=C1CC[C@H]2[C@@H]3CC[C@H]4C[C@](C)(O)[C@@H](OC)C[C@@H]4[C@H]3CC[C@]12C. The van der Waals surface area contributed by atoms with Crippen LogP contribution in [-0.4, -0.2) is 23.9 Å². The molecule has 4 saturated carbocycles. The molecule has 2 heteroatoms. The lowest BCUT2D eigenvalue weighted by atomic mass is 9.49. The standard InChI is InChI=1S/C22H36O2/c1-5-15-7-9-19-17-8-6-14-13-22(3,23)20(24-4)12-18(14)16(17)10-11-21(15,19)2/h5,14,16-20,23H,6-13H2,1-4H3/t14-,16-,17+,18-,19-,20-,21+,22-/m0/s1. The maximum absolute atomic E-state index is 10.8. The smallest absolute Gasteiger partial charge is 0.0882 e. The van der Waals surface area contributed by atoms with Gasteiger partial charge in [-0.3, -0.25) is 0 Å². The number of allylic oxidation sites excluding steroid dienone is 2. The Bertz CT molecular complexity index is 522. The van der Waals surface area contributed by atoms with Gasteiger partial charge in [0.1, 0.15) is 0 Å². The van der Waals surface area contributed by atoms with Crippen LogP contribution in [0.4, 0.5) is 0 Å². The van der Waals surface area contributed by atoms with Crippen LogP contribution in [0.5, 0.6) is 0 Å². The highest BCUT2D eigenvalue weighted by Gasteiger charge is 2.57. The van der Waals surface area contributed by atoms with Gasteiger partial charge in [0.15, 0.2) is 0 Å². The van der Waals surface area contributed by atoms with Crippen molar-refractivity contribution in [3.8, 4) is 0 Å². The maximum Gasteiger partial charge on any atom is 0.0882 e. The van der Waals surface area contributed by atoms with E-state index in [-0.39, 0.29) is 6.10 Å². The van der Waals surface area contributed by atoms with Crippen molar-refractivity contribution in [1.82, 2.24) is 0 Å². The molecule has 0 radical (unpaired) electrons. The summed E-state index contributed by atoms with van der Waals surface area (Å²) in [5.74, 6) is 4.22. The lowest BCUT2D eigenvalue weighted by Crippen LogP contribution is -2.55. The first-order valence-corrected chi connectivity index (χ1v) is 10.3. The summed E-state index contributed by atoms with van der Waals surface area (Å²) in [6, 6.07) is 0. The molecule has 0 spiro atoms. The Balaban J connectivity index is 1.58. The van der Waals surface area contributed by atoms with Gasteiger partial charge >= 0.3 is 0 Å². The maximum atomic E-state index is 10.8. The van der Waals surface area contributed by atoms with Gasteiger partial charge in [-0.05, 0) is 100 Å². The highest BCUT2D eigenvalue weighted by atomic mass is 16.5. The predicted molar refractivity (Wildman–Crippen MR) is 97.7 cm³/mol. The van der Waals surface area contributed by atoms with Crippen LogP contribution in [0.25, 0.3) is 0 Å². The van der Waals surface area contributed by atoms with Crippen molar-refractivity contribution in [2.24, 2.45) is 35.0 Å². The molecule has 4 aliphatic rings. The summed E-state index contributed by atoms with van der Waals surface area (Å²) in [6.07, 6.45) is 12.7. The van der Waals surface area contributed by atoms with E-state index >= 15 is 0 Å². The number of hydrogen-bond acceptors (Lipinski definition) is 2. The van der Waals surface area contributed by atoms with Crippen LogP contribution >= 0.6 is 0 Å². The second kappa shape index (κ2) is 5.84. The van der Waals surface area contributed by atoms with Gasteiger partial charge in [-0.1, -0.05) is 18.6 Å². The molecule has 0 unspecified atom stereocenters. The van der Waals surface area contributed by atoms with Crippen LogP contribution in [0.2, 0.25) is 0 Å². The van der Waals surface area contributed by atoms with Gasteiger partial charge in [-0.2, -0.15) is 0 Å². The summed E-state index contributed by atoms with van der Waals surface area (Å²) < 4.78 is 5.72. The fraction of sp³-hybridized carbons (Fsp3) is 0.909. The van der Waals surface area contributed by atoms with Crippen molar-refractivity contribution >= 4 is 0 Å². The van der Waals surface area contributed by atoms with Gasteiger partial charge in [0.2, 0.25) is 0 Å². The lowest BCUT2D eigenvalue weighted by molar-refractivity contribution is -0.161. The third-order valence-electron chi connectivity index (χ3n) is 8.85. The molecular weight excluding hydrogens is 296 g/mol. The minimum absolute atomic E-state index is 0.0282. The van der Waals surface area contributed by atoms with E-state index < -0.39 is 5.60 Å². The molecule has 0 aromatic heterocycles. The Hall–Kier alpha value is -0.340. The Morgan fingerprint density at radius 3 is 2.58 bits per heavy atom. The van der Waals surface area contributed by atoms with Gasteiger partial charge < -0.3 is 9.84 Å². The Morgan fingerprint density at radius 2 is 1.88 bits per heavy atom. The molecule has 2 nitrogen and oxygen atoms in total. The summed E-state index contributed by atoms with van der Waals surface area (Å²) in [5.41, 5.74) is 1.61. The second-order valence-corrected chi connectivity index (χ2v) is 9.77. The summed E-state index contributed by atoms with van der Waals surface area (Å²) in [4.78, 5) is 0. The van der Waals surface area contributed by atoms with Crippen LogP contribution in [-0.2, 0) is 4.74 Å². The Labute approximate surface area is 148 Å². The summed E-state index contributed by atoms with van der Waals surface area (Å²) in [7, 11) is 1.78. The van der Waals surface area contributed by atoms with Crippen LogP contribution in [0.3, 0.4) is 0 Å². The van der Waals surface area contributed by atoms with Crippen molar-refractivity contribution in [2.75, 3.05) is 7.11 Å². The molecular formula is C22H36O2. The van der Waals surface area contributed by atoms with E-state index in [0.717, 1.165) is 42.4 Å². The molecule has 4 aliphatic carbocycles. The summed E-state index contributed by atoms with van der Waals surface area (Å²) >= 11 is 0. The zero-order valence-corrected chi connectivity index (χ0v) is 16.1. The van der Waals surface area contributed by atoms with Crippen molar-refractivity contribution in [3.63, 3.8) is 0 Å². The fourth-order valence-electron chi connectivity index (χ4n) is 7.69. The normalized spacial score (nSPS) is 55.8. The number of methoxy groups -OCH3 is 1. The van der Waals surface area contributed by atoms with E-state index in [9.17, 15) is 5.11 Å². The van der Waals surface area contributed by atoms with E-state index in [1.807, 2.05) is 6.92 Å². The number of rotatable bonds is 1. The largest absolute Gasteiger partial charge is 0.387 e. The zero-order valence-electron chi connectivity index (χ0n) is 16.1. The van der Waals surface area contributed by atoms with Crippen molar-refractivity contribution in [3.05, 3.63) is 11.6 Å². The number of ether oxygens (including phenoxy) is 1. The van der Waals surface area contributed by atoms with Crippen LogP contribution in [0.1, 0.15) is 72.1 Å². The molecule has 0 aromatic carbocycles. The quantitative estimate of drug-likeness (QED) is 0.688. The molecule has 8 atom stereocenters. The van der Waals surface area contributed by atoms with Crippen LogP contribution in [0, 0.1) is 35.0 Å². The van der Waals surface area contributed by atoms with Crippen LogP contribution < -0.4 is 0 Å². The van der Waals surface area contributed by atoms with Gasteiger partial charge in [-0.25, -0.2) is 0 Å². The molecule has 0 saturated heterocycles. The fourth-order valence-corrected chi connectivity index (χ4v) is 7.69. The third-order valence-corrected chi connectivity index (χ3v) is 8.85. The number of aliphatic hydroxyl groups is 1. The van der Waals surface area contributed by atoms with Crippen molar-refractivity contribution < 1.29 is 9.84 Å². The highest BCUT2D eigenvalue weighted by Crippen LogP contribution is 2.64. The summed E-state index contributed by atoms with van der Waals surface area (Å²) in [5, 5.41) is 10.8. The van der Waals surface area contributed by atoms with Crippen molar-refractivity contribution in [2.45, 2.75) is 83.8 Å². The van der Waals surface area contributed by atoms with Gasteiger partial charge in [0, 0.05) is 7.11 Å². The monoisotopic (exact) mass is 332 g/mol. The molecule has 0 bridgehead atoms. The molecule has 4 fully saturated rings. The molecule has 4 rings (SSSR count). The third kappa shape index (κ3) is 2.35. The van der Waals surface area contributed by atoms with E-state index in [4.69, 9.17) is 4.74 Å². The number of hydrogen-bond donors (Lipinski definition) is 1. The highest BCUT2D eigenvalue weighted by molar-refractivity contribution is 5.23. The minimum Gasteiger partial charge on any atom is -0.387 e. The minimum atomic E-state index is -0.628. The predicted octanol–water partition coefficient (Wildman–Crippen LogP) is 4.96. The van der Waals surface area contributed by atoms with Gasteiger partial charge in [-0.15, -0.1) is 0 Å². The van der Waals surface area contributed by atoms with Crippen LogP contribution in [0.15, 0.2) is 11.6 Å². The molecule has 0 amide bonds. The topological polar surface area (TPSA) is 29.5 Å². The van der Waals surface area contributed by atoms with E-state index in [2.05, 4.69) is 19.9 Å². The number of fused-ring (bicyclic) bond motifs is 5. The molecule has 0 heterocycles. The Morgan fingerprint density at radius 1 is 1.08 bits per heavy atom. The van der Waals surface area contributed by atoms with E-state index in [1.165, 1.54) is 38.5 Å². The molecule has 24 heavy (non-hydrogen) atoms. The first-order valence-electron chi connectivity index (χ1n) is 10.3. The van der Waals surface area contributed by atoms with E-state index in [0.29, 0.717) is 5.41 Å². The molecule has 0 aromatic rings. The van der Waals surface area contributed by atoms with Gasteiger partial charge in [0.05, 0.1) is 11.7 Å². The van der Waals surface area contributed by atoms with Crippen molar-refractivity contribution in [1.29, 1.82) is 0 Å². The molecule has 136 valence electrons. The molecule has 1 N–H and O–H groups in total. The second-order valence-electron chi connectivity index (χ2n) is 9.77. The van der Waals surface area contributed by atoms with Gasteiger partial charge in [0.25, 0.3) is 0 Å². The Kier molecular flexibility index (Phi) is 4.16. The first kappa shape index (κ1) is 17.1. The average molecular weight is 333 g/mol. The average Bonchev–Trinajstić information content (AvgIpc) is 2.89. The molecule has 0 aliphatic heterocycles. The van der Waals surface area contributed by atoms with E-state index in [1.54, 1.807) is 12.7 Å². The zero-order chi connectivity index (χ0) is 17.1.